The molecule has 1 amide bonds. The normalized spacial score (nSPS) is 10.2. The fraction of sp³-hybridized carbons (Fsp3) is 0.0909. The van der Waals surface area contributed by atoms with Crippen molar-refractivity contribution in [2.24, 2.45) is 0 Å². The van der Waals surface area contributed by atoms with Crippen LogP contribution < -0.4 is 10.9 Å². The van der Waals surface area contributed by atoms with Gasteiger partial charge in [0.15, 0.2) is 0 Å². The third kappa shape index (κ3) is 1.74. The van der Waals surface area contributed by atoms with Crippen LogP contribution in [0.25, 0.3) is 11.0 Å². The Labute approximate surface area is 85.5 Å². The molecule has 1 aromatic heterocycles. The van der Waals surface area contributed by atoms with Gasteiger partial charge in [0, 0.05) is 23.2 Å². The molecule has 0 fully saturated rings. The van der Waals surface area contributed by atoms with Crippen LogP contribution in [0.2, 0.25) is 0 Å². The van der Waals surface area contributed by atoms with Crippen molar-refractivity contribution < 1.29 is 9.21 Å². The molecule has 4 heteroatoms. The first-order valence-corrected chi connectivity index (χ1v) is 4.45. The second-order valence-electron chi connectivity index (χ2n) is 3.22. The third-order valence-electron chi connectivity index (χ3n) is 2.18. The predicted molar refractivity (Wildman–Crippen MR) is 56.9 cm³/mol. The van der Waals surface area contributed by atoms with E-state index in [1.807, 2.05) is 6.92 Å². The molecule has 2 rings (SSSR count). The van der Waals surface area contributed by atoms with Crippen LogP contribution in [-0.2, 0) is 4.79 Å². The molecular formula is C11H9NO3. The van der Waals surface area contributed by atoms with Gasteiger partial charge in [0.1, 0.15) is 5.58 Å². The Morgan fingerprint density at radius 2 is 2.13 bits per heavy atom. The lowest BCUT2D eigenvalue weighted by molar-refractivity contribution is -0.105. The SMILES string of the molecule is Cc1cc(=O)oc2cc(NC=O)ccc12. The number of aryl methyl sites for hydroxylation is 1. The third-order valence-corrected chi connectivity index (χ3v) is 2.18. The highest BCUT2D eigenvalue weighted by atomic mass is 16.4. The van der Waals surface area contributed by atoms with Crippen molar-refractivity contribution >= 4 is 23.1 Å². The smallest absolute Gasteiger partial charge is 0.336 e. The summed E-state index contributed by atoms with van der Waals surface area (Å²) in [4.78, 5) is 21.4. The molecule has 1 N–H and O–H groups in total. The second kappa shape index (κ2) is 3.57. The van der Waals surface area contributed by atoms with Crippen LogP contribution >= 0.6 is 0 Å². The molecule has 0 aliphatic heterocycles. The molecule has 2 aromatic rings. The van der Waals surface area contributed by atoms with Crippen molar-refractivity contribution in [3.8, 4) is 0 Å². The van der Waals surface area contributed by atoms with Gasteiger partial charge >= 0.3 is 5.63 Å². The molecule has 4 nitrogen and oxygen atoms in total. The average molecular weight is 203 g/mol. The summed E-state index contributed by atoms with van der Waals surface area (Å²) in [6, 6.07) is 6.62. The topological polar surface area (TPSA) is 59.3 Å². The summed E-state index contributed by atoms with van der Waals surface area (Å²) < 4.78 is 5.02. The van der Waals surface area contributed by atoms with Crippen molar-refractivity contribution in [1.82, 2.24) is 0 Å². The number of hydrogen-bond acceptors (Lipinski definition) is 3. The Kier molecular flexibility index (Phi) is 2.25. The van der Waals surface area contributed by atoms with Crippen molar-refractivity contribution in [1.29, 1.82) is 0 Å². The lowest BCUT2D eigenvalue weighted by Gasteiger charge is -2.02. The summed E-state index contributed by atoms with van der Waals surface area (Å²) in [5.74, 6) is 0. The first-order chi connectivity index (χ1) is 7.20. The number of carbonyl (C=O) groups is 1. The second-order valence-corrected chi connectivity index (χ2v) is 3.22. The van der Waals surface area contributed by atoms with Crippen LogP contribution in [0.15, 0.2) is 33.5 Å². The standard InChI is InChI=1S/C11H9NO3/c1-7-4-11(14)15-10-5-8(12-6-13)2-3-9(7)10/h2-6H,1H3,(H,12,13). The molecule has 0 saturated heterocycles. The van der Waals surface area contributed by atoms with Crippen LogP contribution in [0.5, 0.6) is 0 Å². The average Bonchev–Trinajstić information content (AvgIpc) is 2.17. The van der Waals surface area contributed by atoms with Crippen molar-refractivity contribution in [2.75, 3.05) is 5.32 Å². The van der Waals surface area contributed by atoms with Crippen molar-refractivity contribution in [3.63, 3.8) is 0 Å². The lowest BCUT2D eigenvalue weighted by atomic mass is 10.1. The maximum Gasteiger partial charge on any atom is 0.336 e. The summed E-state index contributed by atoms with van der Waals surface area (Å²) in [5, 5.41) is 3.36. The highest BCUT2D eigenvalue weighted by Gasteiger charge is 2.02. The zero-order valence-electron chi connectivity index (χ0n) is 8.11. The van der Waals surface area contributed by atoms with Gasteiger partial charge in [0.05, 0.1) is 0 Å². The molecule has 1 heterocycles. The highest BCUT2D eigenvalue weighted by molar-refractivity contribution is 5.85. The molecular weight excluding hydrogens is 194 g/mol. The van der Waals surface area contributed by atoms with Crippen LogP contribution in [-0.4, -0.2) is 6.41 Å². The molecule has 0 bridgehead atoms. The minimum absolute atomic E-state index is 0.386. The van der Waals surface area contributed by atoms with E-state index in [2.05, 4.69) is 5.32 Å². The summed E-state index contributed by atoms with van der Waals surface area (Å²) in [7, 11) is 0. The number of amides is 1. The molecule has 1 aromatic carbocycles. The largest absolute Gasteiger partial charge is 0.423 e. The lowest BCUT2D eigenvalue weighted by Crippen LogP contribution is -1.99. The minimum Gasteiger partial charge on any atom is -0.423 e. The Morgan fingerprint density at radius 3 is 2.87 bits per heavy atom. The zero-order valence-corrected chi connectivity index (χ0v) is 8.11. The van der Waals surface area contributed by atoms with Crippen LogP contribution in [0.3, 0.4) is 0 Å². The number of rotatable bonds is 2. The Bertz CT molecular complexity index is 572. The maximum atomic E-state index is 11.1. The molecule has 0 atom stereocenters. The van der Waals surface area contributed by atoms with Gasteiger partial charge in [-0.2, -0.15) is 0 Å². The van der Waals surface area contributed by atoms with E-state index in [-0.39, 0.29) is 5.63 Å². The Balaban J connectivity index is 2.70. The van der Waals surface area contributed by atoms with E-state index in [4.69, 9.17) is 4.42 Å². The molecule has 0 aliphatic carbocycles. The minimum atomic E-state index is -0.386. The van der Waals surface area contributed by atoms with Crippen molar-refractivity contribution in [2.45, 2.75) is 6.92 Å². The fourth-order valence-corrected chi connectivity index (χ4v) is 1.48. The van der Waals surface area contributed by atoms with Gasteiger partial charge in [-0.3, -0.25) is 4.79 Å². The molecule has 0 spiro atoms. The summed E-state index contributed by atoms with van der Waals surface area (Å²) in [6.45, 7) is 1.84. The summed E-state index contributed by atoms with van der Waals surface area (Å²) in [5.41, 5.74) is 1.56. The fourth-order valence-electron chi connectivity index (χ4n) is 1.48. The van der Waals surface area contributed by atoms with Crippen LogP contribution in [0, 0.1) is 6.92 Å². The molecule has 0 unspecified atom stereocenters. The Hall–Kier alpha value is -2.10. The van der Waals surface area contributed by atoms with Gasteiger partial charge in [-0.15, -0.1) is 0 Å². The quantitative estimate of drug-likeness (QED) is 0.596. The van der Waals surface area contributed by atoms with Gasteiger partial charge in [-0.25, -0.2) is 4.79 Å². The van der Waals surface area contributed by atoms with Gasteiger partial charge in [0.2, 0.25) is 6.41 Å². The van der Waals surface area contributed by atoms with E-state index in [1.54, 1.807) is 18.2 Å². The molecule has 0 radical (unpaired) electrons. The van der Waals surface area contributed by atoms with Crippen LogP contribution in [0.1, 0.15) is 5.56 Å². The van der Waals surface area contributed by atoms with E-state index in [9.17, 15) is 9.59 Å². The molecule has 76 valence electrons. The van der Waals surface area contributed by atoms with Gasteiger partial charge in [-0.05, 0) is 24.6 Å². The number of nitrogens with one attached hydrogen (secondary N) is 1. The molecule has 0 aliphatic rings. The van der Waals surface area contributed by atoms with E-state index in [0.717, 1.165) is 10.9 Å². The first kappa shape index (κ1) is 9.45. The highest BCUT2D eigenvalue weighted by Crippen LogP contribution is 2.20. The van der Waals surface area contributed by atoms with Crippen LogP contribution in [0.4, 0.5) is 5.69 Å². The number of anilines is 1. The van der Waals surface area contributed by atoms with Gasteiger partial charge < -0.3 is 9.73 Å². The molecule has 15 heavy (non-hydrogen) atoms. The first-order valence-electron chi connectivity index (χ1n) is 4.45. The number of benzene rings is 1. The predicted octanol–water partition coefficient (Wildman–Crippen LogP) is 1.67. The number of fused-ring (bicyclic) bond motifs is 1. The zero-order chi connectivity index (χ0) is 10.8. The number of hydrogen-bond donors (Lipinski definition) is 1. The molecule has 0 saturated carbocycles. The van der Waals surface area contributed by atoms with E-state index in [1.165, 1.54) is 6.07 Å². The summed E-state index contributed by atoms with van der Waals surface area (Å²) >= 11 is 0. The van der Waals surface area contributed by atoms with E-state index in [0.29, 0.717) is 17.7 Å². The summed E-state index contributed by atoms with van der Waals surface area (Å²) in [6.07, 6.45) is 0.578. The van der Waals surface area contributed by atoms with Gasteiger partial charge in [0.25, 0.3) is 0 Å². The van der Waals surface area contributed by atoms with E-state index >= 15 is 0 Å². The monoisotopic (exact) mass is 203 g/mol. The Morgan fingerprint density at radius 1 is 1.33 bits per heavy atom. The number of carbonyl (C=O) groups excluding carboxylic acids is 1. The van der Waals surface area contributed by atoms with E-state index < -0.39 is 0 Å². The van der Waals surface area contributed by atoms with Crippen molar-refractivity contribution in [3.05, 3.63) is 40.2 Å². The maximum absolute atomic E-state index is 11.1. The van der Waals surface area contributed by atoms with Gasteiger partial charge in [-0.1, -0.05) is 0 Å².